The zero-order valence-corrected chi connectivity index (χ0v) is 12.1. The Bertz CT molecular complexity index is 751. The molecule has 0 aliphatic carbocycles. The van der Waals surface area contributed by atoms with Crippen molar-refractivity contribution in [3.63, 3.8) is 0 Å². The zero-order valence-electron chi connectivity index (χ0n) is 9.75. The molecule has 0 aliphatic rings. The topological polar surface area (TPSA) is 70.8 Å². The highest BCUT2D eigenvalue weighted by Crippen LogP contribution is 2.20. The molecule has 0 atom stereocenters. The van der Waals surface area contributed by atoms with Crippen molar-refractivity contribution in [2.24, 2.45) is 0 Å². The van der Waals surface area contributed by atoms with Crippen molar-refractivity contribution in [2.45, 2.75) is 10.6 Å². The van der Waals surface area contributed by atoms with Gasteiger partial charge in [0.1, 0.15) is 11.8 Å². The van der Waals surface area contributed by atoms with Crippen LogP contribution in [0.25, 0.3) is 0 Å². The third-order valence-corrected chi connectivity index (χ3v) is 4.63. The minimum Gasteiger partial charge on any atom is -0.246 e. The van der Waals surface area contributed by atoms with Crippen LogP contribution in [0.1, 0.15) is 11.3 Å². The first-order valence-electron chi connectivity index (χ1n) is 5.34. The van der Waals surface area contributed by atoms with Gasteiger partial charge in [0.15, 0.2) is 9.84 Å². The molecule has 0 saturated carbocycles. The van der Waals surface area contributed by atoms with E-state index in [9.17, 15) is 8.42 Å². The number of benzene rings is 1. The smallest absolute Gasteiger partial charge is 0.182 e. The highest BCUT2D eigenvalue weighted by molar-refractivity contribution is 9.10. The number of hydrogen-bond donors (Lipinski definition) is 0. The molecule has 4 nitrogen and oxygen atoms in total. The first-order chi connectivity index (χ1) is 9.01. The minimum absolute atomic E-state index is 0.152. The van der Waals surface area contributed by atoms with E-state index in [1.807, 2.05) is 6.07 Å². The zero-order chi connectivity index (χ0) is 13.9. The Kier molecular flexibility index (Phi) is 3.98. The highest BCUT2D eigenvalue weighted by Gasteiger charge is 2.15. The van der Waals surface area contributed by atoms with Gasteiger partial charge in [-0.2, -0.15) is 5.26 Å². The maximum absolute atomic E-state index is 12.2. The molecule has 1 aromatic heterocycles. The van der Waals surface area contributed by atoms with Crippen LogP contribution >= 0.6 is 15.9 Å². The van der Waals surface area contributed by atoms with E-state index in [2.05, 4.69) is 20.9 Å². The van der Waals surface area contributed by atoms with Gasteiger partial charge in [-0.25, -0.2) is 13.4 Å². The van der Waals surface area contributed by atoms with Gasteiger partial charge in [-0.05, 0) is 35.9 Å². The van der Waals surface area contributed by atoms with Gasteiger partial charge in [0, 0.05) is 10.7 Å². The summed E-state index contributed by atoms with van der Waals surface area (Å²) < 4.78 is 25.2. The van der Waals surface area contributed by atoms with Crippen LogP contribution in [0.15, 0.2) is 52.0 Å². The summed E-state index contributed by atoms with van der Waals surface area (Å²) in [4.78, 5) is 4.06. The van der Waals surface area contributed by atoms with E-state index in [0.29, 0.717) is 10.0 Å². The molecule has 0 unspecified atom stereocenters. The SMILES string of the molecule is N#Cc1cc(CS(=O)(=O)c2cccc(Br)c2)ccn1. The molecular formula is C13H9BrN2O2S. The van der Waals surface area contributed by atoms with Crippen LogP contribution in [0.5, 0.6) is 0 Å². The summed E-state index contributed by atoms with van der Waals surface area (Å²) in [6.07, 6.45) is 1.43. The summed E-state index contributed by atoms with van der Waals surface area (Å²) in [7, 11) is -3.43. The van der Waals surface area contributed by atoms with Crippen molar-refractivity contribution < 1.29 is 8.42 Å². The Morgan fingerprint density at radius 1 is 1.26 bits per heavy atom. The predicted molar refractivity (Wildman–Crippen MR) is 74.0 cm³/mol. The van der Waals surface area contributed by atoms with Crippen LogP contribution < -0.4 is 0 Å². The Morgan fingerprint density at radius 2 is 2.05 bits per heavy atom. The molecule has 0 radical (unpaired) electrons. The second-order valence-electron chi connectivity index (χ2n) is 3.88. The van der Waals surface area contributed by atoms with Crippen molar-refractivity contribution >= 4 is 25.8 Å². The van der Waals surface area contributed by atoms with Gasteiger partial charge in [-0.3, -0.25) is 0 Å². The molecule has 2 rings (SSSR count). The van der Waals surface area contributed by atoms with Crippen LogP contribution in [-0.4, -0.2) is 13.4 Å². The summed E-state index contributed by atoms with van der Waals surface area (Å²) in [6.45, 7) is 0. The van der Waals surface area contributed by atoms with Crippen molar-refractivity contribution in [1.29, 1.82) is 5.26 Å². The van der Waals surface area contributed by atoms with Gasteiger partial charge >= 0.3 is 0 Å². The number of aromatic nitrogens is 1. The van der Waals surface area contributed by atoms with Gasteiger partial charge < -0.3 is 0 Å². The summed E-state index contributed by atoms with van der Waals surface area (Å²) >= 11 is 3.25. The van der Waals surface area contributed by atoms with Gasteiger partial charge in [0.05, 0.1) is 10.6 Å². The molecule has 6 heteroatoms. The van der Waals surface area contributed by atoms with Gasteiger partial charge in [0.25, 0.3) is 0 Å². The lowest BCUT2D eigenvalue weighted by atomic mass is 10.2. The van der Waals surface area contributed by atoms with Gasteiger partial charge in [0.2, 0.25) is 0 Å². The monoisotopic (exact) mass is 336 g/mol. The summed E-state index contributed by atoms with van der Waals surface area (Å²) in [5.41, 5.74) is 0.758. The van der Waals surface area contributed by atoms with E-state index in [0.717, 1.165) is 0 Å². The van der Waals surface area contributed by atoms with Crippen LogP contribution in [-0.2, 0) is 15.6 Å². The lowest BCUT2D eigenvalue weighted by Crippen LogP contribution is -2.05. The van der Waals surface area contributed by atoms with Crippen LogP contribution in [0.2, 0.25) is 0 Å². The lowest BCUT2D eigenvalue weighted by Gasteiger charge is -2.05. The van der Waals surface area contributed by atoms with Crippen LogP contribution in [0, 0.1) is 11.3 Å². The Balaban J connectivity index is 2.34. The largest absolute Gasteiger partial charge is 0.246 e. The number of pyridine rings is 1. The van der Waals surface area contributed by atoms with E-state index >= 15 is 0 Å². The van der Waals surface area contributed by atoms with E-state index in [-0.39, 0.29) is 16.3 Å². The number of nitriles is 1. The number of hydrogen-bond acceptors (Lipinski definition) is 4. The molecule has 19 heavy (non-hydrogen) atoms. The van der Waals surface area contributed by atoms with Crippen molar-refractivity contribution in [3.05, 3.63) is 58.3 Å². The molecule has 0 fully saturated rings. The second kappa shape index (κ2) is 5.51. The average Bonchev–Trinajstić information content (AvgIpc) is 2.38. The maximum atomic E-state index is 12.2. The molecular weight excluding hydrogens is 328 g/mol. The highest BCUT2D eigenvalue weighted by atomic mass is 79.9. The second-order valence-corrected chi connectivity index (χ2v) is 6.78. The summed E-state index contributed by atoms with van der Waals surface area (Å²) in [5, 5.41) is 8.75. The molecule has 96 valence electrons. The number of halogens is 1. The fraction of sp³-hybridized carbons (Fsp3) is 0.0769. The van der Waals surface area contributed by atoms with Crippen LogP contribution in [0.4, 0.5) is 0 Å². The standard InChI is InChI=1S/C13H9BrN2O2S/c14-11-2-1-3-13(7-11)19(17,18)9-10-4-5-16-12(6-10)8-15/h1-7H,9H2. The maximum Gasteiger partial charge on any atom is 0.182 e. The minimum atomic E-state index is -3.43. The molecule has 1 aromatic carbocycles. The quantitative estimate of drug-likeness (QED) is 0.863. The van der Waals surface area contributed by atoms with E-state index in [4.69, 9.17) is 5.26 Å². The lowest BCUT2D eigenvalue weighted by molar-refractivity contribution is 0.595. The van der Waals surface area contributed by atoms with Crippen molar-refractivity contribution in [3.8, 4) is 6.07 Å². The first-order valence-corrected chi connectivity index (χ1v) is 7.79. The van der Waals surface area contributed by atoms with Crippen molar-refractivity contribution in [1.82, 2.24) is 4.98 Å². The third-order valence-electron chi connectivity index (χ3n) is 2.45. The average molecular weight is 337 g/mol. The number of nitrogens with zero attached hydrogens (tertiary/aromatic N) is 2. The van der Waals surface area contributed by atoms with E-state index in [1.165, 1.54) is 12.3 Å². The molecule has 0 saturated heterocycles. The molecule has 0 amide bonds. The van der Waals surface area contributed by atoms with Gasteiger partial charge in [-0.1, -0.05) is 22.0 Å². The fourth-order valence-corrected chi connectivity index (χ4v) is 3.52. The molecule has 0 aliphatic heterocycles. The number of rotatable bonds is 3. The third kappa shape index (κ3) is 3.40. The molecule has 0 bridgehead atoms. The summed E-state index contributed by atoms with van der Waals surface area (Å²) in [6, 6.07) is 11.5. The molecule has 2 aromatic rings. The fourth-order valence-electron chi connectivity index (χ4n) is 1.59. The predicted octanol–water partition coefficient (Wildman–Crippen LogP) is 2.69. The molecule has 1 heterocycles. The first kappa shape index (κ1) is 13.7. The summed E-state index contributed by atoms with van der Waals surface area (Å²) in [5.74, 6) is -0.152. The van der Waals surface area contributed by atoms with Crippen molar-refractivity contribution in [2.75, 3.05) is 0 Å². The Hall–Kier alpha value is -1.71. The molecule has 0 spiro atoms. The van der Waals surface area contributed by atoms with E-state index < -0.39 is 9.84 Å². The van der Waals surface area contributed by atoms with E-state index in [1.54, 1.807) is 30.3 Å². The van der Waals surface area contributed by atoms with Crippen LogP contribution in [0.3, 0.4) is 0 Å². The number of sulfone groups is 1. The normalized spacial score (nSPS) is 10.9. The van der Waals surface area contributed by atoms with Gasteiger partial charge in [-0.15, -0.1) is 0 Å². The molecule has 0 N–H and O–H groups in total. The Morgan fingerprint density at radius 3 is 2.74 bits per heavy atom. The Labute approximate surface area is 119 Å².